The summed E-state index contributed by atoms with van der Waals surface area (Å²) in [7, 11) is 3.33. The molecule has 0 saturated heterocycles. The zero-order chi connectivity index (χ0) is 29.2. The van der Waals surface area contributed by atoms with Crippen molar-refractivity contribution in [2.75, 3.05) is 7.11 Å². The molecule has 1 amide bonds. The molecule has 0 bridgehead atoms. The first-order valence-corrected chi connectivity index (χ1v) is 13.7. The molecule has 1 N–H and O–H groups in total. The second kappa shape index (κ2) is 11.8. The number of aryl methyl sites for hydroxylation is 1. The number of nitrogens with zero attached hydrogens (tertiary/aromatic N) is 1. The van der Waals surface area contributed by atoms with Crippen molar-refractivity contribution in [1.29, 1.82) is 0 Å². The monoisotopic (exact) mass is 560 g/mol. The Balaban J connectivity index is 1.52. The van der Waals surface area contributed by atoms with Crippen LogP contribution in [0, 0.1) is 6.92 Å². The topological polar surface area (TPSA) is 69.6 Å². The minimum absolute atomic E-state index is 0.0932. The molecule has 1 aromatic heterocycles. The number of esters is 1. The van der Waals surface area contributed by atoms with E-state index in [1.807, 2.05) is 37.4 Å². The van der Waals surface area contributed by atoms with Gasteiger partial charge in [0.05, 0.1) is 12.1 Å². The van der Waals surface area contributed by atoms with Gasteiger partial charge >= 0.3 is 5.97 Å². The predicted molar refractivity (Wildman–Crippen MR) is 160 cm³/mol. The van der Waals surface area contributed by atoms with E-state index in [4.69, 9.17) is 21.1 Å². The van der Waals surface area contributed by atoms with Crippen LogP contribution < -0.4 is 10.1 Å². The molecule has 0 aliphatic rings. The average Bonchev–Trinajstić information content (AvgIpc) is 3.16. The van der Waals surface area contributed by atoms with E-state index in [1.54, 1.807) is 13.0 Å². The molecule has 0 radical (unpaired) electrons. The van der Waals surface area contributed by atoms with Gasteiger partial charge in [-0.3, -0.25) is 4.79 Å². The summed E-state index contributed by atoms with van der Waals surface area (Å²) in [6, 6.07) is 19.8. The lowest BCUT2D eigenvalue weighted by atomic mass is 9.87. The summed E-state index contributed by atoms with van der Waals surface area (Å²) >= 11 is 6.34. The van der Waals surface area contributed by atoms with Gasteiger partial charge in [0.2, 0.25) is 0 Å². The summed E-state index contributed by atoms with van der Waals surface area (Å²) in [5.74, 6) is -0.145. The summed E-state index contributed by atoms with van der Waals surface area (Å²) in [4.78, 5) is 24.8. The van der Waals surface area contributed by atoms with Crippen molar-refractivity contribution in [2.45, 2.75) is 59.1 Å². The molecule has 0 saturated carbocycles. The Kier molecular flexibility index (Phi) is 8.59. The molecule has 7 heteroatoms. The molecule has 1 heterocycles. The van der Waals surface area contributed by atoms with Crippen LogP contribution in [-0.4, -0.2) is 29.7 Å². The van der Waals surface area contributed by atoms with Gasteiger partial charge in [-0.25, -0.2) is 4.79 Å². The SMILES string of the molecule is COC(=O)[C@@H](C)Oc1cc(Cc2c(C)n(C)c3cc(C(=O)NCc4ccc(C(C)(C)C)cc4)ccc23)ccc1Cl. The van der Waals surface area contributed by atoms with Gasteiger partial charge in [0.25, 0.3) is 5.91 Å². The zero-order valence-electron chi connectivity index (χ0n) is 24.2. The van der Waals surface area contributed by atoms with Crippen LogP contribution in [0.15, 0.2) is 60.7 Å². The number of nitrogens with one attached hydrogen (secondary N) is 1. The maximum atomic E-state index is 13.0. The first-order valence-electron chi connectivity index (χ1n) is 13.4. The standard InChI is InChI=1S/C33H37ClN2O4/c1-20-27(16-23-10-15-28(34)30(17-23)40-21(2)32(38)39-7)26-14-11-24(18-29(26)36(20)6)31(37)35-19-22-8-12-25(13-9-22)33(3,4)5/h8-15,17-18,21H,16,19H2,1-7H3,(H,35,37)/t21-/m1/s1. The summed E-state index contributed by atoms with van der Waals surface area (Å²) in [5.41, 5.74) is 7.27. The van der Waals surface area contributed by atoms with Crippen LogP contribution in [0.25, 0.3) is 10.9 Å². The van der Waals surface area contributed by atoms with Crippen LogP contribution in [0.3, 0.4) is 0 Å². The fourth-order valence-electron chi connectivity index (χ4n) is 4.77. The van der Waals surface area contributed by atoms with Crippen LogP contribution in [0.5, 0.6) is 5.75 Å². The van der Waals surface area contributed by atoms with Crippen LogP contribution in [0.4, 0.5) is 0 Å². The van der Waals surface area contributed by atoms with Gasteiger partial charge in [0, 0.05) is 35.8 Å². The number of rotatable bonds is 8. The normalized spacial score (nSPS) is 12.3. The average molecular weight is 561 g/mol. The molecule has 4 rings (SSSR count). The number of hydrogen-bond acceptors (Lipinski definition) is 4. The number of carbonyl (C=O) groups excluding carboxylic acids is 2. The molecule has 0 fully saturated rings. The Hall–Kier alpha value is -3.77. The quantitative estimate of drug-likeness (QED) is 0.238. The molecular weight excluding hydrogens is 524 g/mol. The minimum atomic E-state index is -0.774. The van der Waals surface area contributed by atoms with E-state index in [0.29, 0.717) is 29.3 Å². The fourth-order valence-corrected chi connectivity index (χ4v) is 4.93. The van der Waals surface area contributed by atoms with E-state index >= 15 is 0 Å². The Labute approximate surface area is 241 Å². The molecule has 6 nitrogen and oxygen atoms in total. The number of benzene rings is 3. The summed E-state index contributed by atoms with van der Waals surface area (Å²) in [6.07, 6.45) is -0.135. The first-order chi connectivity index (χ1) is 18.9. The van der Waals surface area contributed by atoms with Crippen LogP contribution >= 0.6 is 11.6 Å². The Bertz CT molecular complexity index is 1550. The van der Waals surface area contributed by atoms with E-state index in [-0.39, 0.29) is 11.3 Å². The Morgan fingerprint density at radius 1 is 1.00 bits per heavy atom. The summed E-state index contributed by atoms with van der Waals surface area (Å²) in [5, 5.41) is 4.55. The van der Waals surface area contributed by atoms with Gasteiger partial charge < -0.3 is 19.4 Å². The number of amides is 1. The maximum absolute atomic E-state index is 13.0. The summed E-state index contributed by atoms with van der Waals surface area (Å²) in [6.45, 7) is 10.7. The highest BCUT2D eigenvalue weighted by molar-refractivity contribution is 6.32. The molecule has 4 aromatic rings. The smallest absolute Gasteiger partial charge is 0.346 e. The number of hydrogen-bond donors (Lipinski definition) is 1. The van der Waals surface area contributed by atoms with Gasteiger partial charge in [0.15, 0.2) is 6.10 Å². The highest BCUT2D eigenvalue weighted by Gasteiger charge is 2.19. The van der Waals surface area contributed by atoms with Crippen molar-refractivity contribution in [3.8, 4) is 5.75 Å². The molecule has 0 spiro atoms. The first kappa shape index (κ1) is 29.2. The molecular formula is C33H37ClN2O4. The van der Waals surface area contributed by atoms with Crippen molar-refractivity contribution in [3.05, 3.63) is 99.2 Å². The van der Waals surface area contributed by atoms with E-state index in [0.717, 1.165) is 33.3 Å². The second-order valence-corrected chi connectivity index (χ2v) is 11.6. The molecule has 0 unspecified atom stereocenters. The second-order valence-electron chi connectivity index (χ2n) is 11.2. The third-order valence-corrected chi connectivity index (χ3v) is 7.68. The highest BCUT2D eigenvalue weighted by atomic mass is 35.5. The lowest BCUT2D eigenvalue weighted by Crippen LogP contribution is -2.25. The Morgan fingerprint density at radius 2 is 1.68 bits per heavy atom. The number of methoxy groups -OCH3 is 1. The van der Waals surface area contributed by atoms with Crippen LogP contribution in [0.2, 0.25) is 5.02 Å². The van der Waals surface area contributed by atoms with Gasteiger partial charge in [-0.05, 0) is 72.2 Å². The lowest BCUT2D eigenvalue weighted by molar-refractivity contribution is -0.147. The summed E-state index contributed by atoms with van der Waals surface area (Å²) < 4.78 is 12.6. The fraction of sp³-hybridized carbons (Fsp3) is 0.333. The largest absolute Gasteiger partial charge is 0.477 e. The van der Waals surface area contributed by atoms with Crippen molar-refractivity contribution in [3.63, 3.8) is 0 Å². The number of aromatic nitrogens is 1. The van der Waals surface area contributed by atoms with Gasteiger partial charge in [0.1, 0.15) is 5.75 Å². The molecule has 0 aliphatic heterocycles. The molecule has 3 aromatic carbocycles. The van der Waals surface area contributed by atoms with E-state index in [9.17, 15) is 9.59 Å². The lowest BCUT2D eigenvalue weighted by Gasteiger charge is -2.19. The van der Waals surface area contributed by atoms with Crippen molar-refractivity contribution >= 4 is 34.4 Å². The molecule has 0 aliphatic carbocycles. The maximum Gasteiger partial charge on any atom is 0.346 e. The predicted octanol–water partition coefficient (Wildman–Crippen LogP) is 6.90. The third kappa shape index (κ3) is 6.34. The Morgan fingerprint density at radius 3 is 2.33 bits per heavy atom. The zero-order valence-corrected chi connectivity index (χ0v) is 25.0. The van der Waals surface area contributed by atoms with Crippen LogP contribution in [-0.2, 0) is 35.0 Å². The van der Waals surface area contributed by atoms with Crippen molar-refractivity contribution in [2.24, 2.45) is 7.05 Å². The number of halogens is 1. The van der Waals surface area contributed by atoms with Crippen molar-refractivity contribution in [1.82, 2.24) is 9.88 Å². The third-order valence-electron chi connectivity index (χ3n) is 7.37. The van der Waals surface area contributed by atoms with E-state index in [2.05, 4.69) is 61.8 Å². The highest BCUT2D eigenvalue weighted by Crippen LogP contribution is 2.32. The van der Waals surface area contributed by atoms with Gasteiger partial charge in [-0.2, -0.15) is 0 Å². The molecule has 40 heavy (non-hydrogen) atoms. The number of fused-ring (bicyclic) bond motifs is 1. The van der Waals surface area contributed by atoms with E-state index < -0.39 is 12.1 Å². The van der Waals surface area contributed by atoms with Crippen molar-refractivity contribution < 1.29 is 19.1 Å². The minimum Gasteiger partial charge on any atom is -0.477 e. The van der Waals surface area contributed by atoms with E-state index in [1.165, 1.54) is 12.7 Å². The number of ether oxygens (including phenoxy) is 2. The molecule has 210 valence electrons. The van der Waals surface area contributed by atoms with Crippen LogP contribution in [0.1, 0.15) is 66.0 Å². The van der Waals surface area contributed by atoms with Gasteiger partial charge in [-0.1, -0.05) is 68.8 Å². The number of carbonyl (C=O) groups is 2. The van der Waals surface area contributed by atoms with Gasteiger partial charge in [-0.15, -0.1) is 0 Å². The molecule has 1 atom stereocenters.